The zero-order valence-corrected chi connectivity index (χ0v) is 59.2. The lowest BCUT2D eigenvalue weighted by Gasteiger charge is -2.39. The predicted octanol–water partition coefficient (Wildman–Crippen LogP) is 5.48. The van der Waals surface area contributed by atoms with E-state index >= 15 is 0 Å². The molecule has 530 valence electrons. The zero-order valence-electron chi connectivity index (χ0n) is 57.4. The Morgan fingerprint density at radius 1 is 0.667 bits per heavy atom. The Labute approximate surface area is 575 Å². The van der Waals surface area contributed by atoms with Gasteiger partial charge in [0.15, 0.2) is 0 Å². The van der Waals surface area contributed by atoms with Crippen molar-refractivity contribution in [2.75, 3.05) is 82.0 Å². The third kappa shape index (κ3) is 25.0. The lowest BCUT2D eigenvalue weighted by atomic mass is 9.90. The average molecular weight is 1380 g/mol. The van der Waals surface area contributed by atoms with Gasteiger partial charge in [0, 0.05) is 83.3 Å². The SMILES string of the molecule is CCC(C)C(C(CC(=O)N1CCCC1C(OC)C(C)C(=O)NC(C)C(O)c1ccccc1)OC)N(C)C(=O)CNC(=O)C(C(C)C)N(C)C(=O)OCc1ccc(NC(=O)CNC(=O)C(NC(=O)CCCNC(=O)c2cc(NC(=O)CCS)cc(NC(=O)CCS)c2)C(C)C)cc1. The average Bonchev–Trinajstić information content (AvgIpc) is 1.54. The predicted molar refractivity (Wildman–Crippen MR) is 372 cm³/mol. The number of nitrogens with zero attached hydrogens (tertiary/aromatic N) is 3. The largest absolute Gasteiger partial charge is 0.445 e. The van der Waals surface area contributed by atoms with E-state index < -0.39 is 115 Å². The molecule has 0 bridgehead atoms. The molecule has 0 aliphatic carbocycles. The number of carbonyl (C=O) groups excluding carboxylic acids is 11. The number of methoxy groups -OCH3 is 2. The van der Waals surface area contributed by atoms with E-state index in [1.54, 1.807) is 89.9 Å². The molecule has 10 atom stereocenters. The van der Waals surface area contributed by atoms with Gasteiger partial charge in [0.25, 0.3) is 5.91 Å². The zero-order chi connectivity index (χ0) is 71.3. The summed E-state index contributed by atoms with van der Waals surface area (Å²) >= 11 is 8.15. The number of carbonyl (C=O) groups is 11. The maximum atomic E-state index is 14.3. The second-order valence-corrected chi connectivity index (χ2v) is 25.7. The Morgan fingerprint density at radius 3 is 1.83 bits per heavy atom. The molecule has 28 heteroatoms. The van der Waals surface area contributed by atoms with Gasteiger partial charge in [-0.15, -0.1) is 0 Å². The van der Waals surface area contributed by atoms with Crippen molar-refractivity contribution in [3.8, 4) is 0 Å². The van der Waals surface area contributed by atoms with Crippen LogP contribution >= 0.6 is 25.3 Å². The Kier molecular flexibility index (Phi) is 34.2. The number of benzene rings is 3. The Hall–Kier alpha value is -7.79. The second kappa shape index (κ2) is 40.7. The lowest BCUT2D eigenvalue weighted by Crippen LogP contribution is -2.56. The molecule has 0 radical (unpaired) electrons. The molecule has 10 unspecified atom stereocenters. The fraction of sp³-hybridized carbons (Fsp3) is 0.574. The topological polar surface area (TPSA) is 342 Å². The molecule has 1 saturated heterocycles. The number of thiol groups is 2. The number of hydrogen-bond donors (Lipinski definition) is 11. The molecule has 1 fully saturated rings. The molecule has 3 aromatic carbocycles. The Bertz CT molecular complexity index is 3050. The third-order valence-electron chi connectivity index (χ3n) is 16.9. The van der Waals surface area contributed by atoms with Gasteiger partial charge in [-0.05, 0) is 96.9 Å². The molecule has 1 aliphatic heterocycles. The molecular weight excluding hydrogens is 1270 g/mol. The summed E-state index contributed by atoms with van der Waals surface area (Å²) in [5.41, 5.74) is 2.32. The number of likely N-dealkylation sites (tertiary alicyclic amines) is 1. The first-order valence-corrected chi connectivity index (χ1v) is 33.9. The first kappa shape index (κ1) is 80.6. The van der Waals surface area contributed by atoms with Gasteiger partial charge in [-0.25, -0.2) is 4.79 Å². The van der Waals surface area contributed by atoms with Crippen molar-refractivity contribution in [2.24, 2.45) is 23.7 Å². The number of anilines is 3. The van der Waals surface area contributed by atoms with Crippen molar-refractivity contribution < 1.29 is 72.1 Å². The highest BCUT2D eigenvalue weighted by Crippen LogP contribution is 2.30. The summed E-state index contributed by atoms with van der Waals surface area (Å²) in [6.45, 7) is 13.8. The van der Waals surface area contributed by atoms with Crippen LogP contribution < -0.4 is 42.5 Å². The van der Waals surface area contributed by atoms with E-state index in [0.717, 1.165) is 4.90 Å². The number of aliphatic hydroxyl groups is 1. The highest BCUT2D eigenvalue weighted by molar-refractivity contribution is 7.80. The number of amides is 11. The fourth-order valence-corrected chi connectivity index (χ4v) is 11.8. The van der Waals surface area contributed by atoms with Crippen LogP contribution in [0.15, 0.2) is 72.8 Å². The second-order valence-electron chi connectivity index (χ2n) is 24.8. The molecule has 9 N–H and O–H groups in total. The number of hydrogen-bond acceptors (Lipinski definition) is 17. The molecule has 11 amide bonds. The minimum absolute atomic E-state index is 0.0491. The van der Waals surface area contributed by atoms with Crippen LogP contribution in [0.1, 0.15) is 134 Å². The van der Waals surface area contributed by atoms with Crippen molar-refractivity contribution >= 4 is 107 Å². The summed E-state index contributed by atoms with van der Waals surface area (Å²) in [6, 6.07) is 16.2. The maximum Gasteiger partial charge on any atom is 0.410 e. The van der Waals surface area contributed by atoms with Gasteiger partial charge in [-0.1, -0.05) is 97.4 Å². The van der Waals surface area contributed by atoms with Gasteiger partial charge in [0.1, 0.15) is 18.7 Å². The van der Waals surface area contributed by atoms with E-state index in [0.29, 0.717) is 65.5 Å². The summed E-state index contributed by atoms with van der Waals surface area (Å²) in [4.78, 5) is 150. The fourth-order valence-electron chi connectivity index (χ4n) is 11.4. The maximum absolute atomic E-state index is 14.3. The van der Waals surface area contributed by atoms with Crippen LogP contribution in [0.5, 0.6) is 0 Å². The summed E-state index contributed by atoms with van der Waals surface area (Å²) in [7, 11) is 6.01. The summed E-state index contributed by atoms with van der Waals surface area (Å²) in [5, 5.41) is 32.6. The Morgan fingerprint density at radius 2 is 1.27 bits per heavy atom. The van der Waals surface area contributed by atoms with Crippen molar-refractivity contribution in [2.45, 2.75) is 162 Å². The molecule has 1 aliphatic rings. The van der Waals surface area contributed by atoms with Crippen molar-refractivity contribution in [1.82, 2.24) is 41.3 Å². The third-order valence-corrected chi connectivity index (χ3v) is 17.4. The van der Waals surface area contributed by atoms with Gasteiger partial charge >= 0.3 is 6.09 Å². The van der Waals surface area contributed by atoms with Gasteiger partial charge in [0.05, 0.1) is 61.9 Å². The van der Waals surface area contributed by atoms with E-state index in [9.17, 15) is 57.8 Å². The van der Waals surface area contributed by atoms with E-state index in [1.807, 2.05) is 32.0 Å². The number of likely N-dealkylation sites (N-methyl/N-ethyl adjacent to an activating group) is 2. The Balaban J connectivity index is 1.24. The van der Waals surface area contributed by atoms with E-state index in [1.165, 1.54) is 44.4 Å². The monoisotopic (exact) mass is 1380 g/mol. The minimum Gasteiger partial charge on any atom is -0.445 e. The molecule has 0 spiro atoms. The van der Waals surface area contributed by atoms with Crippen LogP contribution in [0.2, 0.25) is 0 Å². The van der Waals surface area contributed by atoms with E-state index in [4.69, 9.17) is 14.2 Å². The summed E-state index contributed by atoms with van der Waals surface area (Å²) < 4.78 is 17.5. The van der Waals surface area contributed by atoms with Crippen molar-refractivity contribution in [1.29, 1.82) is 0 Å². The number of nitrogens with one attached hydrogen (secondary N) is 8. The number of ether oxygens (including phenoxy) is 3. The molecule has 1 heterocycles. The smallest absolute Gasteiger partial charge is 0.410 e. The molecule has 96 heavy (non-hydrogen) atoms. The van der Waals surface area contributed by atoms with Crippen LogP contribution in [0, 0.1) is 23.7 Å². The van der Waals surface area contributed by atoms with Gasteiger partial charge in [0.2, 0.25) is 53.2 Å². The summed E-state index contributed by atoms with van der Waals surface area (Å²) in [5.74, 6) is -5.39. The van der Waals surface area contributed by atoms with Gasteiger partial charge in [-0.3, -0.25) is 52.8 Å². The number of aliphatic hydroxyl groups excluding tert-OH is 1. The molecular formula is C68H101N11O15S2. The van der Waals surface area contributed by atoms with E-state index in [2.05, 4.69) is 67.8 Å². The molecule has 0 saturated carbocycles. The van der Waals surface area contributed by atoms with E-state index in [-0.39, 0.29) is 86.3 Å². The van der Waals surface area contributed by atoms with Crippen LogP contribution in [0.3, 0.4) is 0 Å². The first-order chi connectivity index (χ1) is 45.6. The molecule has 26 nitrogen and oxygen atoms in total. The lowest BCUT2D eigenvalue weighted by molar-refractivity contribution is -0.146. The molecule has 0 aromatic heterocycles. The van der Waals surface area contributed by atoms with Crippen LogP contribution in [0.4, 0.5) is 21.9 Å². The quantitative estimate of drug-likeness (QED) is 0.0250. The van der Waals surface area contributed by atoms with Gasteiger partial charge in [-0.2, -0.15) is 25.3 Å². The molecule has 3 aromatic rings. The van der Waals surface area contributed by atoms with Crippen LogP contribution in [-0.2, 0) is 64.0 Å². The van der Waals surface area contributed by atoms with Gasteiger partial charge < -0.3 is 71.7 Å². The van der Waals surface area contributed by atoms with Crippen molar-refractivity contribution in [3.05, 3.63) is 89.5 Å². The minimum atomic E-state index is -1.05. The highest BCUT2D eigenvalue weighted by atomic mass is 32.1. The summed E-state index contributed by atoms with van der Waals surface area (Å²) in [6.07, 6.45) is -0.910. The first-order valence-electron chi connectivity index (χ1n) is 32.6. The van der Waals surface area contributed by atoms with Crippen LogP contribution in [-0.4, -0.2) is 193 Å². The number of rotatable bonds is 38. The van der Waals surface area contributed by atoms with Crippen LogP contribution in [0.25, 0.3) is 0 Å². The molecule has 4 rings (SSSR count). The highest BCUT2D eigenvalue weighted by Gasteiger charge is 2.43. The standard InChI is InChI=1S/C68H101N11O15S2/c1-13-42(6)61(52(92-11)36-57(84)79-30-18-21-51(79)63(93-12)43(7)64(87)72-44(8)62(86)46-19-15-14-16-20-46)77(9)58(85)38-71-67(90)60(41(4)5)78(10)68(91)94-39-45-23-25-48(26-24-45)73-56(83)37-70-66(89)59(40(2)3)76-53(80)22-17-29-69-65(88)47-33-49(74-54(81)27-31-95)35-50(34-47)75-55(82)28-32-96/h14-16,19-20,23-26,33-35,40-44,51-52,59-63,86,95-96H,13,17-18,21-22,27-32,36-39H2,1-12H3,(H,69,88)(H,70,89)(H,71,90)(H,72,87)(H,73,83)(H,74,81)(H,75,82)(H,76,80). The normalized spacial score (nSPS) is 15.6. The van der Waals surface area contributed by atoms with Crippen molar-refractivity contribution in [3.63, 3.8) is 0 Å².